The van der Waals surface area contributed by atoms with Crippen LogP contribution in [0.2, 0.25) is 0 Å². The average molecular weight is 1040 g/mol. The molecule has 2 fully saturated rings. The molecule has 22 heteroatoms. The number of imide groups is 2. The van der Waals surface area contributed by atoms with Crippen LogP contribution in [-0.2, 0) is 45.6 Å². The van der Waals surface area contributed by atoms with E-state index in [1.165, 1.54) is 21.5 Å². The molecule has 0 aliphatic carbocycles. The zero-order chi connectivity index (χ0) is 54.9. The highest BCUT2D eigenvalue weighted by molar-refractivity contribution is 6.13. The van der Waals surface area contributed by atoms with Crippen molar-refractivity contribution in [3.63, 3.8) is 0 Å². The Morgan fingerprint density at radius 2 is 1.32 bits per heavy atom. The van der Waals surface area contributed by atoms with Crippen molar-refractivity contribution in [2.45, 2.75) is 97.4 Å². The van der Waals surface area contributed by atoms with Crippen molar-refractivity contribution in [1.82, 2.24) is 50.0 Å². The number of carbonyl (C=O) groups is 6. The average Bonchev–Trinajstić information content (AvgIpc) is 4.05. The van der Waals surface area contributed by atoms with Gasteiger partial charge in [-0.25, -0.2) is 28.3 Å². The molecule has 6 aromatic rings. The SMILES string of the molecule is CC[C@@H](NC(=O)N1C(=O)[C@H](Cc2cc(C)nc(N)c2)[C@H]1C(=O)N(C)c1ccn(CCC[C@@H](NC(=O)N2C(=O)[C@H](Cc3cc(C)nc(N)c3)[C@H]2C(=O)N(C)c2ccnn2C)c2cccc(C)c2C)n1)c1cc(F)ccc1F. The van der Waals surface area contributed by atoms with Gasteiger partial charge in [0.15, 0.2) is 5.82 Å². The number of amides is 8. The summed E-state index contributed by atoms with van der Waals surface area (Å²) in [6.07, 6.45) is 4.37. The Balaban J connectivity index is 0.992. The lowest BCUT2D eigenvalue weighted by Crippen LogP contribution is -2.70. The highest BCUT2D eigenvalue weighted by Crippen LogP contribution is 2.36. The fourth-order valence-corrected chi connectivity index (χ4v) is 10.3. The van der Waals surface area contributed by atoms with Crippen molar-refractivity contribution in [2.24, 2.45) is 18.9 Å². The minimum absolute atomic E-state index is 0.0510. The van der Waals surface area contributed by atoms with Gasteiger partial charge in [0.2, 0.25) is 11.8 Å². The maximum atomic E-state index is 14.9. The first kappa shape index (κ1) is 53.7. The van der Waals surface area contributed by atoms with Gasteiger partial charge in [-0.05, 0) is 130 Å². The van der Waals surface area contributed by atoms with Gasteiger partial charge in [-0.2, -0.15) is 10.2 Å². The molecule has 0 radical (unpaired) electrons. The Bertz CT molecular complexity index is 3190. The summed E-state index contributed by atoms with van der Waals surface area (Å²) in [7, 11) is 4.73. The molecule has 4 aromatic heterocycles. The van der Waals surface area contributed by atoms with E-state index in [9.17, 15) is 37.5 Å². The number of benzene rings is 2. The van der Waals surface area contributed by atoms with Gasteiger partial charge in [0, 0.05) is 63.0 Å². The van der Waals surface area contributed by atoms with Gasteiger partial charge < -0.3 is 22.1 Å². The Hall–Kier alpha value is -8.56. The fraction of sp³-hybridized carbons (Fsp3) is 0.370. The number of aryl methyl sites for hydroxylation is 5. The number of pyridine rings is 2. The number of hydrogen-bond donors (Lipinski definition) is 4. The van der Waals surface area contributed by atoms with Crippen LogP contribution in [-0.4, -0.2) is 101 Å². The third kappa shape index (κ3) is 11.0. The summed E-state index contributed by atoms with van der Waals surface area (Å²) >= 11 is 0. The summed E-state index contributed by atoms with van der Waals surface area (Å²) < 4.78 is 32.3. The number of aromatic nitrogens is 6. The first-order valence-electron chi connectivity index (χ1n) is 25.0. The number of likely N-dealkylation sites (tertiary alicyclic amines) is 2. The lowest BCUT2D eigenvalue weighted by molar-refractivity contribution is -0.156. The monoisotopic (exact) mass is 1040 g/mol. The zero-order valence-corrected chi connectivity index (χ0v) is 43.6. The molecule has 6 heterocycles. The number of β-lactam (4-membered cyclic amide) rings is 2. The predicted molar refractivity (Wildman–Crippen MR) is 279 cm³/mol. The Morgan fingerprint density at radius 3 is 1.87 bits per heavy atom. The molecule has 0 spiro atoms. The summed E-state index contributed by atoms with van der Waals surface area (Å²) in [5.41, 5.74) is 17.3. The van der Waals surface area contributed by atoms with Crippen molar-refractivity contribution in [3.8, 4) is 0 Å². The Morgan fingerprint density at radius 1 is 0.737 bits per heavy atom. The molecule has 2 aliphatic rings. The van der Waals surface area contributed by atoms with Gasteiger partial charge in [-0.1, -0.05) is 25.1 Å². The van der Waals surface area contributed by atoms with Crippen LogP contribution < -0.4 is 31.9 Å². The van der Waals surface area contributed by atoms with E-state index < -0.39 is 83.3 Å². The maximum Gasteiger partial charge on any atom is 0.325 e. The minimum atomic E-state index is -1.31. The van der Waals surface area contributed by atoms with Crippen LogP contribution in [0.15, 0.2) is 85.2 Å². The van der Waals surface area contributed by atoms with Gasteiger partial charge in [-0.15, -0.1) is 0 Å². The molecule has 2 aromatic carbocycles. The van der Waals surface area contributed by atoms with E-state index in [0.717, 1.165) is 44.7 Å². The van der Waals surface area contributed by atoms with Crippen molar-refractivity contribution in [2.75, 3.05) is 35.4 Å². The molecule has 76 heavy (non-hydrogen) atoms. The molecular weight excluding hydrogens is 979 g/mol. The number of halogens is 2. The number of likely N-dealkylation sites (N-methyl/N-ethyl adjacent to an activating group) is 2. The van der Waals surface area contributed by atoms with Crippen molar-refractivity contribution < 1.29 is 37.5 Å². The molecule has 8 amide bonds. The molecule has 0 bridgehead atoms. The van der Waals surface area contributed by atoms with Gasteiger partial charge >= 0.3 is 12.1 Å². The van der Waals surface area contributed by atoms with Crippen LogP contribution in [0.5, 0.6) is 0 Å². The zero-order valence-electron chi connectivity index (χ0n) is 43.6. The van der Waals surface area contributed by atoms with Gasteiger partial charge in [-0.3, -0.25) is 48.1 Å². The first-order valence-corrected chi connectivity index (χ1v) is 25.0. The minimum Gasteiger partial charge on any atom is -0.384 e. The van der Waals surface area contributed by atoms with E-state index in [4.69, 9.17) is 11.5 Å². The fourth-order valence-electron chi connectivity index (χ4n) is 10.3. The maximum absolute atomic E-state index is 14.9. The second-order valence-electron chi connectivity index (χ2n) is 19.6. The number of nitrogens with zero attached hydrogens (tertiary/aromatic N) is 10. The van der Waals surface area contributed by atoms with E-state index in [1.54, 1.807) is 88.3 Å². The van der Waals surface area contributed by atoms with Crippen LogP contribution in [0, 0.1) is 51.2 Å². The van der Waals surface area contributed by atoms with Gasteiger partial charge in [0.1, 0.15) is 41.2 Å². The van der Waals surface area contributed by atoms with Crippen molar-refractivity contribution in [1.29, 1.82) is 0 Å². The third-order valence-electron chi connectivity index (χ3n) is 14.4. The van der Waals surface area contributed by atoms with E-state index in [0.29, 0.717) is 47.7 Å². The number of rotatable bonds is 17. The molecule has 0 unspecified atom stereocenters. The van der Waals surface area contributed by atoms with Crippen LogP contribution in [0.25, 0.3) is 0 Å². The van der Waals surface area contributed by atoms with Crippen LogP contribution in [0.4, 0.5) is 41.6 Å². The molecule has 0 saturated carbocycles. The van der Waals surface area contributed by atoms with Gasteiger partial charge in [0.25, 0.3) is 11.8 Å². The van der Waals surface area contributed by atoms with E-state index in [2.05, 4.69) is 30.8 Å². The quantitative estimate of drug-likeness (QED) is 0.0775. The van der Waals surface area contributed by atoms with Crippen molar-refractivity contribution in [3.05, 3.63) is 142 Å². The summed E-state index contributed by atoms with van der Waals surface area (Å²) in [5.74, 6) is -4.43. The molecule has 2 aliphatic heterocycles. The van der Waals surface area contributed by atoms with E-state index in [-0.39, 0.29) is 42.3 Å². The smallest absolute Gasteiger partial charge is 0.325 e. The number of nitrogens with one attached hydrogen (secondary N) is 2. The number of anilines is 4. The molecule has 398 valence electrons. The largest absolute Gasteiger partial charge is 0.384 e. The normalized spacial score (nSPS) is 17.9. The number of nitrogens with two attached hydrogens (primary N) is 2. The summed E-state index contributed by atoms with van der Waals surface area (Å²) in [6.45, 7) is 9.40. The Labute approximate surface area is 438 Å². The standard InChI is InChI=1S/C54H62F2N14O6/c1-9-41(37-28-35(55)15-16-40(37)56)62-53(75)69-47(38(49(69)71)24-33-22-30(3)60-43(57)26-33)51(73)65(6)45-18-21-68(64-45)20-11-14-42(36-13-10-12-29(2)32(36)5)63-54(76)70-48(52(74)66(7)46-17-19-59-67(46)8)39(50(70)72)25-34-23-31(4)61-44(58)27-34/h10,12-13,15-19,21-23,26-28,38-39,41-42,47-48H,9,11,14,20,24-25H2,1-8H3,(H2,57,60)(H2,58,61)(H,62,75)(H,63,76)/t38-,39-,41-,42-,47+,48+/m1/s1. The summed E-state index contributed by atoms with van der Waals surface area (Å²) in [5, 5.41) is 14.6. The molecular formula is C54H62F2N14O6. The number of urea groups is 2. The lowest BCUT2D eigenvalue weighted by Gasteiger charge is -2.46. The number of hydrogen-bond acceptors (Lipinski definition) is 12. The van der Waals surface area contributed by atoms with Crippen LogP contribution in [0.1, 0.15) is 83.0 Å². The highest BCUT2D eigenvalue weighted by atomic mass is 19.1. The van der Waals surface area contributed by atoms with E-state index >= 15 is 0 Å². The van der Waals surface area contributed by atoms with Crippen molar-refractivity contribution >= 4 is 59.0 Å². The summed E-state index contributed by atoms with van der Waals surface area (Å²) in [6, 6.07) is 12.9. The Kier molecular flexibility index (Phi) is 15.6. The number of nitrogen functional groups attached to an aromatic ring is 2. The van der Waals surface area contributed by atoms with E-state index in [1.807, 2.05) is 32.0 Å². The predicted octanol–water partition coefficient (Wildman–Crippen LogP) is 5.94. The second kappa shape index (κ2) is 22.1. The lowest BCUT2D eigenvalue weighted by atomic mass is 9.81. The van der Waals surface area contributed by atoms with Crippen LogP contribution in [0.3, 0.4) is 0 Å². The first-order chi connectivity index (χ1) is 36.1. The second-order valence-corrected chi connectivity index (χ2v) is 19.6. The molecule has 2 saturated heterocycles. The van der Waals surface area contributed by atoms with Gasteiger partial charge in [0.05, 0.1) is 30.1 Å². The topological polar surface area (TPSA) is 253 Å². The van der Waals surface area contributed by atoms with Crippen LogP contribution >= 0.6 is 0 Å². The third-order valence-corrected chi connectivity index (χ3v) is 14.4. The molecule has 6 atom stereocenters. The number of carbonyl (C=O) groups excluding carboxylic acids is 6. The molecule has 20 nitrogen and oxygen atoms in total. The molecule has 6 N–H and O–H groups in total. The highest BCUT2D eigenvalue weighted by Gasteiger charge is 2.57. The molecule has 8 rings (SSSR count). The summed E-state index contributed by atoms with van der Waals surface area (Å²) in [4.78, 5) is 98.2.